The molecule has 3 unspecified atom stereocenters. The maximum absolute atomic E-state index is 5.76. The summed E-state index contributed by atoms with van der Waals surface area (Å²) in [7, 11) is 0. The van der Waals surface area contributed by atoms with Gasteiger partial charge in [-0.25, -0.2) is 0 Å². The largest absolute Gasteiger partial charge is 0.271 e. The summed E-state index contributed by atoms with van der Waals surface area (Å²) in [5.74, 6) is 7.20. The molecule has 0 saturated carbocycles. The van der Waals surface area contributed by atoms with Gasteiger partial charge in [0.15, 0.2) is 0 Å². The first-order chi connectivity index (χ1) is 9.24. The van der Waals surface area contributed by atoms with Gasteiger partial charge in [0.1, 0.15) is 0 Å². The van der Waals surface area contributed by atoms with E-state index in [1.807, 2.05) is 0 Å². The molecule has 1 aliphatic rings. The van der Waals surface area contributed by atoms with Crippen LogP contribution in [0.3, 0.4) is 0 Å². The van der Waals surface area contributed by atoms with Crippen LogP contribution < -0.4 is 11.3 Å². The first-order valence-corrected chi connectivity index (χ1v) is 7.78. The monoisotopic (exact) mass is 260 g/mol. The molecular weight excluding hydrogens is 232 g/mol. The molecule has 2 rings (SSSR count). The van der Waals surface area contributed by atoms with Crippen molar-refractivity contribution in [1.29, 1.82) is 0 Å². The number of aryl methyl sites for hydroxylation is 1. The molecular formula is C17H28N2. The highest BCUT2D eigenvalue weighted by molar-refractivity contribution is 5.32. The quantitative estimate of drug-likeness (QED) is 0.603. The third-order valence-corrected chi connectivity index (χ3v) is 4.68. The lowest BCUT2D eigenvalue weighted by molar-refractivity contribution is 0.348. The van der Waals surface area contributed by atoms with Crippen LogP contribution >= 0.6 is 0 Å². The van der Waals surface area contributed by atoms with Crippen LogP contribution in [-0.4, -0.2) is 6.04 Å². The van der Waals surface area contributed by atoms with Crippen molar-refractivity contribution in [2.45, 2.75) is 64.3 Å². The molecule has 0 bridgehead atoms. The molecule has 0 heterocycles. The van der Waals surface area contributed by atoms with Gasteiger partial charge in [-0.2, -0.15) is 0 Å². The van der Waals surface area contributed by atoms with Gasteiger partial charge in [-0.3, -0.25) is 11.3 Å². The molecule has 0 aromatic heterocycles. The lowest BCUT2D eigenvalue weighted by atomic mass is 9.78. The summed E-state index contributed by atoms with van der Waals surface area (Å²) in [6, 6.07) is 9.40. The molecule has 19 heavy (non-hydrogen) atoms. The Morgan fingerprint density at radius 1 is 1.37 bits per heavy atom. The zero-order valence-corrected chi connectivity index (χ0v) is 12.4. The van der Waals surface area contributed by atoms with E-state index in [9.17, 15) is 0 Å². The third kappa shape index (κ3) is 3.80. The number of nitrogens with one attached hydrogen (secondary N) is 1. The molecule has 106 valence electrons. The van der Waals surface area contributed by atoms with Crippen LogP contribution in [0.4, 0.5) is 0 Å². The summed E-state index contributed by atoms with van der Waals surface area (Å²) < 4.78 is 0. The Bertz CT molecular complexity index is 389. The lowest BCUT2D eigenvalue weighted by Gasteiger charge is -2.29. The van der Waals surface area contributed by atoms with E-state index >= 15 is 0 Å². The highest BCUT2D eigenvalue weighted by atomic mass is 15.2. The summed E-state index contributed by atoms with van der Waals surface area (Å²) >= 11 is 0. The second-order valence-electron chi connectivity index (χ2n) is 6.14. The fourth-order valence-corrected chi connectivity index (χ4v) is 3.33. The molecule has 0 fully saturated rings. The van der Waals surface area contributed by atoms with Gasteiger partial charge < -0.3 is 0 Å². The van der Waals surface area contributed by atoms with Gasteiger partial charge in [0.2, 0.25) is 0 Å². The van der Waals surface area contributed by atoms with E-state index < -0.39 is 0 Å². The molecule has 0 saturated heterocycles. The topological polar surface area (TPSA) is 38.0 Å². The van der Waals surface area contributed by atoms with Gasteiger partial charge in [-0.05, 0) is 55.1 Å². The van der Waals surface area contributed by atoms with Crippen molar-refractivity contribution in [2.75, 3.05) is 0 Å². The molecule has 0 aliphatic heterocycles. The molecule has 0 spiro atoms. The minimum atomic E-state index is 0.450. The number of hydrogen-bond acceptors (Lipinski definition) is 2. The van der Waals surface area contributed by atoms with Crippen molar-refractivity contribution in [2.24, 2.45) is 11.8 Å². The van der Waals surface area contributed by atoms with Crippen molar-refractivity contribution in [3.8, 4) is 0 Å². The average Bonchev–Trinajstić information content (AvgIpc) is 2.46. The van der Waals surface area contributed by atoms with Crippen LogP contribution in [0.1, 0.15) is 63.0 Å². The fraction of sp³-hybridized carbons (Fsp3) is 0.647. The van der Waals surface area contributed by atoms with E-state index in [0.717, 1.165) is 5.92 Å². The second-order valence-corrected chi connectivity index (χ2v) is 6.14. The van der Waals surface area contributed by atoms with E-state index in [0.29, 0.717) is 12.0 Å². The summed E-state index contributed by atoms with van der Waals surface area (Å²) in [6.45, 7) is 4.58. The van der Waals surface area contributed by atoms with Crippen molar-refractivity contribution in [1.82, 2.24) is 5.43 Å². The lowest BCUT2D eigenvalue weighted by Crippen LogP contribution is -2.37. The van der Waals surface area contributed by atoms with Crippen LogP contribution in [0.2, 0.25) is 0 Å². The number of rotatable bonds is 6. The van der Waals surface area contributed by atoms with Crippen molar-refractivity contribution >= 4 is 0 Å². The van der Waals surface area contributed by atoms with Crippen LogP contribution in [0.15, 0.2) is 24.3 Å². The zero-order chi connectivity index (χ0) is 13.7. The second kappa shape index (κ2) is 7.06. The van der Waals surface area contributed by atoms with Gasteiger partial charge in [0, 0.05) is 6.04 Å². The molecule has 3 N–H and O–H groups in total. The first kappa shape index (κ1) is 14.5. The minimum Gasteiger partial charge on any atom is -0.271 e. The normalized spacial score (nSPS) is 21.7. The molecule has 1 aromatic carbocycles. The Morgan fingerprint density at radius 3 is 2.89 bits per heavy atom. The summed E-state index contributed by atoms with van der Waals surface area (Å²) in [5.41, 5.74) is 6.17. The van der Waals surface area contributed by atoms with Gasteiger partial charge >= 0.3 is 0 Å². The molecule has 1 aromatic rings. The van der Waals surface area contributed by atoms with Crippen molar-refractivity contribution in [3.05, 3.63) is 35.4 Å². The maximum atomic E-state index is 5.76. The number of nitrogens with two attached hydrogens (primary N) is 1. The summed E-state index contributed by atoms with van der Waals surface area (Å²) in [4.78, 5) is 0. The number of fused-ring (bicyclic) bond motifs is 1. The Balaban J connectivity index is 2.02. The van der Waals surface area contributed by atoms with Crippen LogP contribution in [0.25, 0.3) is 0 Å². The average molecular weight is 260 g/mol. The van der Waals surface area contributed by atoms with Crippen molar-refractivity contribution < 1.29 is 0 Å². The standard InChI is InChI=1S/C17H28N2/c1-3-13(2)11-16(19-18)12-15-9-6-8-14-7-4-5-10-17(14)15/h4-5,7,10,13,15-16,19H,3,6,8-9,11-12,18H2,1-2H3. The van der Waals surface area contributed by atoms with Crippen molar-refractivity contribution in [3.63, 3.8) is 0 Å². The number of hydrazine groups is 1. The van der Waals surface area contributed by atoms with E-state index in [-0.39, 0.29) is 0 Å². The smallest absolute Gasteiger partial charge is 0.0218 e. The van der Waals surface area contributed by atoms with E-state index in [4.69, 9.17) is 5.84 Å². The number of benzene rings is 1. The first-order valence-electron chi connectivity index (χ1n) is 7.78. The van der Waals surface area contributed by atoms with Crippen LogP contribution in [0, 0.1) is 5.92 Å². The number of hydrogen-bond donors (Lipinski definition) is 2. The predicted molar refractivity (Wildman–Crippen MR) is 81.9 cm³/mol. The SMILES string of the molecule is CCC(C)CC(CC1CCCc2ccccc21)NN. The van der Waals surface area contributed by atoms with E-state index in [2.05, 4.69) is 43.5 Å². The third-order valence-electron chi connectivity index (χ3n) is 4.68. The Kier molecular flexibility index (Phi) is 5.41. The predicted octanol–water partition coefficient (Wildman–Crippen LogP) is 3.76. The zero-order valence-electron chi connectivity index (χ0n) is 12.4. The van der Waals surface area contributed by atoms with Crippen LogP contribution in [-0.2, 0) is 6.42 Å². The maximum Gasteiger partial charge on any atom is 0.0218 e. The molecule has 0 amide bonds. The fourth-order valence-electron chi connectivity index (χ4n) is 3.33. The molecule has 2 nitrogen and oxygen atoms in total. The Hall–Kier alpha value is -0.860. The van der Waals surface area contributed by atoms with Gasteiger partial charge in [0.05, 0.1) is 0 Å². The van der Waals surface area contributed by atoms with Crippen LogP contribution in [0.5, 0.6) is 0 Å². The van der Waals surface area contributed by atoms with E-state index in [1.54, 1.807) is 11.1 Å². The van der Waals surface area contributed by atoms with Gasteiger partial charge in [0.25, 0.3) is 0 Å². The molecule has 0 radical (unpaired) electrons. The van der Waals surface area contributed by atoms with Gasteiger partial charge in [-0.1, -0.05) is 44.5 Å². The van der Waals surface area contributed by atoms with E-state index in [1.165, 1.54) is 38.5 Å². The molecule has 1 aliphatic carbocycles. The highest BCUT2D eigenvalue weighted by Crippen LogP contribution is 2.35. The highest BCUT2D eigenvalue weighted by Gasteiger charge is 2.23. The summed E-state index contributed by atoms with van der Waals surface area (Å²) in [6.07, 6.45) is 7.49. The summed E-state index contributed by atoms with van der Waals surface area (Å²) in [5, 5.41) is 0. The Morgan fingerprint density at radius 2 is 2.16 bits per heavy atom. The molecule has 2 heteroatoms. The Labute approximate surface area is 117 Å². The van der Waals surface area contributed by atoms with Gasteiger partial charge in [-0.15, -0.1) is 0 Å². The molecule has 3 atom stereocenters. The minimum absolute atomic E-state index is 0.450.